The quantitative estimate of drug-likeness (QED) is 0.374. The van der Waals surface area contributed by atoms with Crippen LogP contribution < -0.4 is 0 Å². The first-order valence-corrected chi connectivity index (χ1v) is 13.2. The van der Waals surface area contributed by atoms with E-state index in [0.717, 1.165) is 29.5 Å². The Morgan fingerprint density at radius 1 is 0.909 bits per heavy atom. The minimum atomic E-state index is -3.68. The van der Waals surface area contributed by atoms with Crippen LogP contribution in [0.25, 0.3) is 0 Å². The van der Waals surface area contributed by atoms with Crippen LogP contribution in [0.5, 0.6) is 0 Å². The molecule has 33 heavy (non-hydrogen) atoms. The lowest BCUT2D eigenvalue weighted by Crippen LogP contribution is -2.20. The van der Waals surface area contributed by atoms with Crippen molar-refractivity contribution in [2.75, 3.05) is 0 Å². The van der Waals surface area contributed by atoms with Gasteiger partial charge < -0.3 is 0 Å². The molecule has 0 radical (unpaired) electrons. The molecule has 4 rings (SSSR count). The summed E-state index contributed by atoms with van der Waals surface area (Å²) in [7, 11) is -3.68. The van der Waals surface area contributed by atoms with Crippen LogP contribution in [0.1, 0.15) is 53.2 Å². The normalized spacial score (nSPS) is 18.9. The summed E-state index contributed by atoms with van der Waals surface area (Å²) in [5.41, 5.74) is 3.35. The van der Waals surface area contributed by atoms with Crippen molar-refractivity contribution in [1.29, 1.82) is 0 Å². The highest BCUT2D eigenvalue weighted by molar-refractivity contribution is 7.91. The van der Waals surface area contributed by atoms with Gasteiger partial charge >= 0.3 is 0 Å². The van der Waals surface area contributed by atoms with E-state index < -0.39 is 20.9 Å². The van der Waals surface area contributed by atoms with E-state index in [1.807, 2.05) is 6.92 Å². The average molecular weight is 489 g/mol. The van der Waals surface area contributed by atoms with Gasteiger partial charge in [0.05, 0.1) is 10.1 Å². The number of aryl methyl sites for hydroxylation is 3. The van der Waals surface area contributed by atoms with E-state index in [1.54, 1.807) is 36.4 Å². The van der Waals surface area contributed by atoms with Gasteiger partial charge in [0, 0.05) is 5.02 Å². The topological polar surface area (TPSA) is 34.1 Å². The monoisotopic (exact) mass is 488 g/mol. The lowest BCUT2D eigenvalue weighted by Gasteiger charge is -2.27. The number of fused-ring (bicyclic) bond motifs is 1. The molecule has 0 saturated carbocycles. The molecule has 1 aliphatic rings. The smallest absolute Gasteiger partial charge is 0.185 e. The maximum Gasteiger partial charge on any atom is 0.185 e. The number of benzene rings is 3. The average Bonchev–Trinajstić information content (AvgIpc) is 2.75. The van der Waals surface area contributed by atoms with Crippen LogP contribution in [0.4, 0.5) is 8.78 Å². The number of hydrogen-bond acceptors (Lipinski definition) is 2. The van der Waals surface area contributed by atoms with Gasteiger partial charge in [-0.25, -0.2) is 17.2 Å². The first-order valence-electron chi connectivity index (χ1n) is 11.3. The van der Waals surface area contributed by atoms with E-state index >= 15 is 0 Å². The van der Waals surface area contributed by atoms with Gasteiger partial charge in [0.15, 0.2) is 9.84 Å². The zero-order chi connectivity index (χ0) is 23.6. The molecule has 3 aromatic carbocycles. The second kappa shape index (κ2) is 9.94. The Kier molecular flexibility index (Phi) is 7.20. The highest BCUT2D eigenvalue weighted by Gasteiger charge is 2.33. The van der Waals surface area contributed by atoms with Gasteiger partial charge in [-0.15, -0.1) is 0 Å². The van der Waals surface area contributed by atoms with E-state index in [0.29, 0.717) is 42.2 Å². The number of hydrogen-bond donors (Lipinski definition) is 0. The first kappa shape index (κ1) is 23.9. The minimum Gasteiger partial charge on any atom is -0.223 e. The van der Waals surface area contributed by atoms with E-state index in [-0.39, 0.29) is 10.7 Å². The third kappa shape index (κ3) is 5.47. The van der Waals surface area contributed by atoms with Gasteiger partial charge in [-0.1, -0.05) is 41.4 Å². The van der Waals surface area contributed by atoms with Crippen molar-refractivity contribution >= 4 is 21.4 Å². The lowest BCUT2D eigenvalue weighted by molar-refractivity contribution is 0.394. The minimum absolute atomic E-state index is 0.267. The molecule has 0 fully saturated rings. The third-order valence-corrected chi connectivity index (χ3v) is 9.19. The third-order valence-electron chi connectivity index (χ3n) is 6.67. The van der Waals surface area contributed by atoms with Gasteiger partial charge in [0.25, 0.3) is 0 Å². The second-order valence-electron chi connectivity index (χ2n) is 8.95. The zero-order valence-corrected chi connectivity index (χ0v) is 20.1. The van der Waals surface area contributed by atoms with Crippen molar-refractivity contribution in [3.8, 4) is 0 Å². The summed E-state index contributed by atoms with van der Waals surface area (Å²) in [5, 5.41) is -0.371. The highest BCUT2D eigenvalue weighted by atomic mass is 35.5. The molecule has 6 heteroatoms. The molecule has 0 bridgehead atoms. The van der Waals surface area contributed by atoms with Crippen LogP contribution in [-0.2, 0) is 22.7 Å². The Balaban J connectivity index is 1.61. The number of halogens is 3. The van der Waals surface area contributed by atoms with Crippen LogP contribution in [0.3, 0.4) is 0 Å². The van der Waals surface area contributed by atoms with Crippen molar-refractivity contribution in [2.24, 2.45) is 5.92 Å². The summed E-state index contributed by atoms with van der Waals surface area (Å²) in [6.45, 7) is 1.91. The Morgan fingerprint density at radius 3 is 2.33 bits per heavy atom. The van der Waals surface area contributed by atoms with Crippen LogP contribution in [-0.4, -0.2) is 8.42 Å². The van der Waals surface area contributed by atoms with Crippen molar-refractivity contribution < 1.29 is 17.2 Å². The van der Waals surface area contributed by atoms with Crippen LogP contribution in [0, 0.1) is 24.5 Å². The fourth-order valence-electron chi connectivity index (χ4n) is 4.73. The molecule has 0 aromatic heterocycles. The molecule has 2 unspecified atom stereocenters. The van der Waals surface area contributed by atoms with E-state index in [2.05, 4.69) is 0 Å². The molecular weight excluding hydrogens is 462 g/mol. The second-order valence-corrected chi connectivity index (χ2v) is 11.5. The fourth-order valence-corrected chi connectivity index (χ4v) is 6.83. The summed E-state index contributed by atoms with van der Waals surface area (Å²) >= 11 is 6.19. The molecule has 2 atom stereocenters. The summed E-state index contributed by atoms with van der Waals surface area (Å²) in [5.74, 6) is -0.483. The maximum absolute atomic E-state index is 14.2. The van der Waals surface area contributed by atoms with Gasteiger partial charge in [-0.3, -0.25) is 0 Å². The van der Waals surface area contributed by atoms with Gasteiger partial charge in [-0.2, -0.15) is 0 Å². The number of sulfone groups is 1. The standard InChI is InChI=1S/C27H27ClF2O2S/c1-18-2-13-24(14-3-18)33(31,32)27-15-6-19(4-7-20-9-11-22(29)16-25(20)27)5-8-21-10-12-23(30)17-26(21)28/h2-3,9-14,16-17,19,27H,4-8,15H2,1H3. The molecule has 3 aromatic rings. The van der Waals surface area contributed by atoms with E-state index in [4.69, 9.17) is 11.6 Å². The van der Waals surface area contributed by atoms with Crippen LogP contribution in [0.2, 0.25) is 5.02 Å². The molecule has 0 aliphatic heterocycles. The van der Waals surface area contributed by atoms with Gasteiger partial charge in [0.1, 0.15) is 11.6 Å². The molecule has 1 aliphatic carbocycles. The SMILES string of the molecule is Cc1ccc(S(=O)(=O)C2CCC(CCc3ccc(F)cc3Cl)CCc3ccc(F)cc32)cc1. The lowest BCUT2D eigenvalue weighted by atomic mass is 9.84. The van der Waals surface area contributed by atoms with Crippen molar-refractivity contribution in [3.63, 3.8) is 0 Å². The molecular formula is C27H27ClF2O2S. The van der Waals surface area contributed by atoms with Gasteiger partial charge in [0.2, 0.25) is 0 Å². The van der Waals surface area contributed by atoms with Gasteiger partial charge in [-0.05, 0) is 104 Å². The molecule has 0 saturated heterocycles. The van der Waals surface area contributed by atoms with Crippen LogP contribution in [0.15, 0.2) is 65.6 Å². The highest BCUT2D eigenvalue weighted by Crippen LogP contribution is 2.40. The van der Waals surface area contributed by atoms with Crippen molar-refractivity contribution in [3.05, 3.63) is 99.6 Å². The van der Waals surface area contributed by atoms with E-state index in [1.165, 1.54) is 24.3 Å². The molecule has 2 nitrogen and oxygen atoms in total. The maximum atomic E-state index is 14.2. The first-order chi connectivity index (χ1) is 15.7. The Morgan fingerprint density at radius 2 is 1.61 bits per heavy atom. The molecule has 0 N–H and O–H groups in total. The summed E-state index contributed by atoms with van der Waals surface area (Å²) < 4.78 is 54.8. The summed E-state index contributed by atoms with van der Waals surface area (Å²) in [6, 6.07) is 15.8. The predicted octanol–water partition coefficient (Wildman–Crippen LogP) is 7.42. The zero-order valence-electron chi connectivity index (χ0n) is 18.5. The fraction of sp³-hybridized carbons (Fsp3) is 0.333. The molecule has 0 spiro atoms. The predicted molar refractivity (Wildman–Crippen MR) is 128 cm³/mol. The molecule has 0 heterocycles. The van der Waals surface area contributed by atoms with E-state index in [9.17, 15) is 17.2 Å². The summed E-state index contributed by atoms with van der Waals surface area (Å²) in [6.07, 6.45) is 4.25. The van der Waals surface area contributed by atoms with Crippen molar-refractivity contribution in [1.82, 2.24) is 0 Å². The number of rotatable bonds is 5. The summed E-state index contributed by atoms with van der Waals surface area (Å²) in [4.78, 5) is 0.267. The Hall–Kier alpha value is -2.24. The van der Waals surface area contributed by atoms with Crippen LogP contribution >= 0.6 is 11.6 Å². The Labute approximate surface area is 199 Å². The van der Waals surface area contributed by atoms with Crippen molar-refractivity contribution in [2.45, 2.75) is 55.6 Å². The molecule has 174 valence electrons. The largest absolute Gasteiger partial charge is 0.223 e. The molecule has 0 amide bonds. The Bertz CT molecular complexity index is 1240.